The molecule has 3 aromatic rings. The van der Waals surface area contributed by atoms with Crippen molar-refractivity contribution >= 4 is 43.5 Å². The molecule has 0 saturated carbocycles. The summed E-state index contributed by atoms with van der Waals surface area (Å²) in [6, 6.07) is 21.1. The zero-order valence-electron chi connectivity index (χ0n) is 23.2. The predicted molar refractivity (Wildman–Crippen MR) is 161 cm³/mol. The lowest BCUT2D eigenvalue weighted by molar-refractivity contribution is -0.139. The fourth-order valence-electron chi connectivity index (χ4n) is 3.95. The number of benzene rings is 3. The summed E-state index contributed by atoms with van der Waals surface area (Å²) in [7, 11) is -4.12. The Labute approximate surface area is 245 Å². The van der Waals surface area contributed by atoms with Crippen LogP contribution in [0.5, 0.6) is 5.75 Å². The van der Waals surface area contributed by atoms with Crippen LogP contribution in [0.3, 0.4) is 0 Å². The summed E-state index contributed by atoms with van der Waals surface area (Å²) >= 11 is 3.42. The van der Waals surface area contributed by atoms with Crippen molar-refractivity contribution in [1.82, 2.24) is 10.2 Å². The maximum Gasteiger partial charge on any atom is 0.264 e. The minimum Gasteiger partial charge on any atom is -0.494 e. The minimum atomic E-state index is -4.12. The summed E-state index contributed by atoms with van der Waals surface area (Å²) < 4.78 is 35.1. The minimum absolute atomic E-state index is 0.0545. The van der Waals surface area contributed by atoms with Crippen molar-refractivity contribution in [3.05, 3.63) is 88.9 Å². The number of halogens is 1. The molecule has 2 amide bonds. The number of nitrogens with zero attached hydrogens (tertiary/aromatic N) is 2. The van der Waals surface area contributed by atoms with Crippen molar-refractivity contribution in [2.45, 2.75) is 45.2 Å². The number of ether oxygens (including phenoxy) is 1. The first-order chi connectivity index (χ1) is 19.0. The van der Waals surface area contributed by atoms with E-state index in [4.69, 9.17) is 4.74 Å². The number of nitrogens with one attached hydrogen (secondary N) is 1. The Bertz CT molecular complexity index is 1360. The summed E-state index contributed by atoms with van der Waals surface area (Å²) in [6.07, 6.45) is 0. The largest absolute Gasteiger partial charge is 0.494 e. The third kappa shape index (κ3) is 8.32. The zero-order chi connectivity index (χ0) is 29.3. The Balaban J connectivity index is 1.99. The molecule has 214 valence electrons. The van der Waals surface area contributed by atoms with Gasteiger partial charge in [0.1, 0.15) is 18.3 Å². The van der Waals surface area contributed by atoms with Crippen LogP contribution in [0.2, 0.25) is 0 Å². The van der Waals surface area contributed by atoms with E-state index in [1.165, 1.54) is 17.0 Å². The maximum absolute atomic E-state index is 13.9. The fourth-order valence-corrected chi connectivity index (χ4v) is 5.64. The summed E-state index contributed by atoms with van der Waals surface area (Å²) in [5.74, 6) is 0.00101. The molecule has 1 atom stereocenters. The van der Waals surface area contributed by atoms with Gasteiger partial charge in [0, 0.05) is 17.6 Å². The zero-order valence-corrected chi connectivity index (χ0v) is 25.6. The highest BCUT2D eigenvalue weighted by molar-refractivity contribution is 9.10. The van der Waals surface area contributed by atoms with E-state index in [9.17, 15) is 18.0 Å². The van der Waals surface area contributed by atoms with Crippen molar-refractivity contribution in [3.63, 3.8) is 0 Å². The van der Waals surface area contributed by atoms with Gasteiger partial charge in [0.15, 0.2) is 0 Å². The van der Waals surface area contributed by atoms with Crippen LogP contribution in [0.1, 0.15) is 33.3 Å². The van der Waals surface area contributed by atoms with Crippen molar-refractivity contribution < 1.29 is 22.7 Å². The Morgan fingerprint density at radius 3 is 2.12 bits per heavy atom. The molecule has 1 unspecified atom stereocenters. The van der Waals surface area contributed by atoms with Gasteiger partial charge < -0.3 is 15.0 Å². The third-order valence-corrected chi connectivity index (χ3v) is 8.48. The van der Waals surface area contributed by atoms with Crippen molar-refractivity contribution in [1.29, 1.82) is 0 Å². The monoisotopic (exact) mass is 629 g/mol. The number of anilines is 1. The van der Waals surface area contributed by atoms with Gasteiger partial charge in [0.2, 0.25) is 11.8 Å². The van der Waals surface area contributed by atoms with Crippen LogP contribution >= 0.6 is 15.9 Å². The number of rotatable bonds is 13. The number of amides is 2. The molecule has 0 spiro atoms. The van der Waals surface area contributed by atoms with Crippen LogP contribution in [0.25, 0.3) is 0 Å². The number of carbonyl (C=O) groups excluding carboxylic acids is 2. The molecule has 1 N–H and O–H groups in total. The van der Waals surface area contributed by atoms with Gasteiger partial charge in [-0.15, -0.1) is 0 Å². The lowest BCUT2D eigenvalue weighted by Gasteiger charge is -2.32. The third-order valence-electron chi connectivity index (χ3n) is 6.16. The van der Waals surface area contributed by atoms with Crippen molar-refractivity contribution in [2.24, 2.45) is 5.92 Å². The van der Waals surface area contributed by atoms with Gasteiger partial charge in [0.25, 0.3) is 10.0 Å². The van der Waals surface area contributed by atoms with Gasteiger partial charge in [-0.2, -0.15) is 0 Å². The summed E-state index contributed by atoms with van der Waals surface area (Å²) in [6.45, 7) is 8.04. The summed E-state index contributed by atoms with van der Waals surface area (Å²) in [5, 5.41) is 2.89. The Morgan fingerprint density at radius 2 is 1.55 bits per heavy atom. The Hall–Kier alpha value is -3.37. The first-order valence-corrected chi connectivity index (χ1v) is 15.4. The normalized spacial score (nSPS) is 12.1. The molecular formula is C30H36BrN3O5S. The highest BCUT2D eigenvalue weighted by Gasteiger charge is 2.32. The van der Waals surface area contributed by atoms with E-state index in [2.05, 4.69) is 21.2 Å². The van der Waals surface area contributed by atoms with Gasteiger partial charge in [0.05, 0.1) is 17.2 Å². The molecule has 0 aromatic heterocycles. The van der Waals surface area contributed by atoms with E-state index in [-0.39, 0.29) is 23.3 Å². The van der Waals surface area contributed by atoms with Gasteiger partial charge in [-0.25, -0.2) is 8.42 Å². The highest BCUT2D eigenvalue weighted by atomic mass is 79.9. The van der Waals surface area contributed by atoms with Crippen LogP contribution < -0.4 is 14.4 Å². The van der Waals surface area contributed by atoms with Crippen LogP contribution in [0, 0.1) is 5.92 Å². The molecule has 3 rings (SSSR count). The van der Waals surface area contributed by atoms with E-state index >= 15 is 0 Å². The van der Waals surface area contributed by atoms with Gasteiger partial charge in [-0.1, -0.05) is 60.1 Å². The maximum atomic E-state index is 13.9. The lowest BCUT2D eigenvalue weighted by atomic mass is 10.1. The van der Waals surface area contributed by atoms with Crippen LogP contribution in [0.15, 0.2) is 88.2 Å². The molecule has 3 aromatic carbocycles. The molecule has 0 aliphatic rings. The molecule has 10 heteroatoms. The topological polar surface area (TPSA) is 96.0 Å². The molecule has 0 fully saturated rings. The van der Waals surface area contributed by atoms with Crippen molar-refractivity contribution in [2.75, 3.05) is 24.0 Å². The standard InChI is InChI=1S/C30H36BrN3O5S/c1-5-39-27-17-15-26(16-18-27)34(40(37,38)28-9-7-6-8-10-28)21-29(35)33(20-24-11-13-25(31)14-12-24)23(4)30(36)32-19-22(2)3/h6-18,22-23H,5,19-21H2,1-4H3,(H,32,36). The number of sulfonamides is 1. The molecule has 0 saturated heterocycles. The second kappa shape index (κ2) is 14.3. The molecule has 8 nitrogen and oxygen atoms in total. The molecular weight excluding hydrogens is 594 g/mol. The van der Waals surface area contributed by atoms with E-state index in [0.29, 0.717) is 24.6 Å². The first-order valence-electron chi connectivity index (χ1n) is 13.1. The van der Waals surface area contributed by atoms with E-state index in [0.717, 1.165) is 14.3 Å². The highest BCUT2D eigenvalue weighted by Crippen LogP contribution is 2.26. The smallest absolute Gasteiger partial charge is 0.264 e. The Kier molecular flexibility index (Phi) is 11.2. The van der Waals surface area contributed by atoms with E-state index in [1.807, 2.05) is 45.0 Å². The molecule has 0 aliphatic heterocycles. The second-order valence-electron chi connectivity index (χ2n) is 9.71. The quantitative estimate of drug-likeness (QED) is 0.279. The predicted octanol–water partition coefficient (Wildman–Crippen LogP) is 5.23. The van der Waals surface area contributed by atoms with Crippen LogP contribution in [-0.2, 0) is 26.2 Å². The average molecular weight is 631 g/mol. The van der Waals surface area contributed by atoms with Crippen LogP contribution in [0.4, 0.5) is 5.69 Å². The second-order valence-corrected chi connectivity index (χ2v) is 12.5. The molecule has 40 heavy (non-hydrogen) atoms. The number of hydrogen-bond donors (Lipinski definition) is 1. The van der Waals surface area contributed by atoms with Crippen molar-refractivity contribution in [3.8, 4) is 5.75 Å². The Morgan fingerprint density at radius 1 is 0.925 bits per heavy atom. The van der Waals surface area contributed by atoms with Gasteiger partial charge in [-0.05, 0) is 73.9 Å². The molecule has 0 heterocycles. The van der Waals surface area contributed by atoms with Crippen LogP contribution in [-0.4, -0.2) is 50.9 Å². The molecule has 0 radical (unpaired) electrons. The molecule has 0 bridgehead atoms. The summed E-state index contributed by atoms with van der Waals surface area (Å²) in [5.41, 5.74) is 1.11. The van der Waals surface area contributed by atoms with Gasteiger partial charge >= 0.3 is 0 Å². The average Bonchev–Trinajstić information content (AvgIpc) is 2.95. The first kappa shape index (κ1) is 31.2. The van der Waals surface area contributed by atoms with Gasteiger partial charge in [-0.3, -0.25) is 13.9 Å². The fraction of sp³-hybridized carbons (Fsp3) is 0.333. The molecule has 0 aliphatic carbocycles. The summed E-state index contributed by atoms with van der Waals surface area (Å²) in [4.78, 5) is 28.5. The van der Waals surface area contributed by atoms with E-state index < -0.39 is 28.5 Å². The number of carbonyl (C=O) groups is 2. The SMILES string of the molecule is CCOc1ccc(N(CC(=O)N(Cc2ccc(Br)cc2)C(C)C(=O)NCC(C)C)S(=O)(=O)c2ccccc2)cc1. The number of hydrogen-bond acceptors (Lipinski definition) is 5. The van der Waals surface area contributed by atoms with E-state index in [1.54, 1.807) is 49.4 Å². The lowest BCUT2D eigenvalue weighted by Crippen LogP contribution is -2.51.